The number of hydrogen-bond donors (Lipinski definition) is 2. The summed E-state index contributed by atoms with van der Waals surface area (Å²) in [7, 11) is 1.80. The fourth-order valence-electron chi connectivity index (χ4n) is 2.08. The van der Waals surface area contributed by atoms with Crippen molar-refractivity contribution in [3.05, 3.63) is 0 Å². The molecule has 0 bridgehead atoms. The molecule has 0 saturated carbocycles. The van der Waals surface area contributed by atoms with Gasteiger partial charge in [-0.1, -0.05) is 0 Å². The van der Waals surface area contributed by atoms with Crippen molar-refractivity contribution in [1.29, 1.82) is 0 Å². The lowest BCUT2D eigenvalue weighted by atomic mass is 9.95. The Hall–Kier alpha value is -0.610. The zero-order valence-electron chi connectivity index (χ0n) is 9.70. The van der Waals surface area contributed by atoms with Crippen LogP contribution in [0.1, 0.15) is 26.2 Å². The third-order valence-corrected chi connectivity index (χ3v) is 3.17. The molecule has 4 heteroatoms. The van der Waals surface area contributed by atoms with Crippen LogP contribution in [0.4, 0.5) is 0 Å². The van der Waals surface area contributed by atoms with Gasteiger partial charge in [-0.05, 0) is 39.2 Å². The molecule has 2 atom stereocenters. The zero-order valence-corrected chi connectivity index (χ0v) is 9.70. The van der Waals surface area contributed by atoms with Crippen LogP contribution in [0.5, 0.6) is 0 Å². The summed E-state index contributed by atoms with van der Waals surface area (Å²) in [4.78, 5) is 13.8. The summed E-state index contributed by atoms with van der Waals surface area (Å²) in [6, 6.07) is -0.0992. The van der Waals surface area contributed by atoms with E-state index in [4.69, 9.17) is 5.11 Å². The van der Waals surface area contributed by atoms with Gasteiger partial charge in [0, 0.05) is 19.7 Å². The van der Waals surface area contributed by atoms with E-state index in [1.807, 2.05) is 11.8 Å². The van der Waals surface area contributed by atoms with Crippen LogP contribution in [0.25, 0.3) is 0 Å². The van der Waals surface area contributed by atoms with Crippen molar-refractivity contribution in [2.24, 2.45) is 5.92 Å². The fourth-order valence-corrected chi connectivity index (χ4v) is 2.08. The quantitative estimate of drug-likeness (QED) is 0.703. The highest BCUT2D eigenvalue weighted by atomic mass is 16.3. The first-order chi connectivity index (χ1) is 7.19. The fraction of sp³-hybridized carbons (Fsp3) is 0.909. The van der Waals surface area contributed by atoms with Gasteiger partial charge < -0.3 is 15.3 Å². The topological polar surface area (TPSA) is 52.6 Å². The number of carbonyl (C=O) groups excluding carboxylic acids is 1. The number of aliphatic hydroxyl groups excluding tert-OH is 1. The molecular weight excluding hydrogens is 192 g/mol. The molecule has 1 amide bonds. The molecule has 1 aliphatic heterocycles. The average Bonchev–Trinajstić information content (AvgIpc) is 2.28. The molecule has 0 aromatic heterocycles. The first-order valence-corrected chi connectivity index (χ1v) is 5.76. The Morgan fingerprint density at radius 2 is 2.40 bits per heavy atom. The third kappa shape index (κ3) is 3.47. The normalized spacial score (nSPS) is 23.9. The van der Waals surface area contributed by atoms with E-state index in [1.54, 1.807) is 7.05 Å². The predicted octanol–water partition coefficient (Wildman–Crippen LogP) is 0.215. The SMILES string of the molecule is CNC(C)C(=O)N1CCCC(CCO)C1. The number of hydrogen-bond acceptors (Lipinski definition) is 3. The summed E-state index contributed by atoms with van der Waals surface area (Å²) >= 11 is 0. The third-order valence-electron chi connectivity index (χ3n) is 3.17. The summed E-state index contributed by atoms with van der Waals surface area (Å²) < 4.78 is 0. The number of aliphatic hydroxyl groups is 1. The van der Waals surface area contributed by atoms with Crippen molar-refractivity contribution in [3.63, 3.8) is 0 Å². The van der Waals surface area contributed by atoms with Crippen molar-refractivity contribution < 1.29 is 9.90 Å². The van der Waals surface area contributed by atoms with Crippen molar-refractivity contribution in [2.45, 2.75) is 32.2 Å². The van der Waals surface area contributed by atoms with E-state index in [2.05, 4.69) is 5.32 Å². The van der Waals surface area contributed by atoms with Crippen molar-refractivity contribution in [2.75, 3.05) is 26.7 Å². The van der Waals surface area contributed by atoms with Crippen LogP contribution < -0.4 is 5.32 Å². The number of nitrogens with one attached hydrogen (secondary N) is 1. The van der Waals surface area contributed by atoms with Crippen LogP contribution in [0.2, 0.25) is 0 Å². The number of likely N-dealkylation sites (tertiary alicyclic amines) is 1. The van der Waals surface area contributed by atoms with Crippen LogP contribution in [0.15, 0.2) is 0 Å². The van der Waals surface area contributed by atoms with Crippen LogP contribution in [0.3, 0.4) is 0 Å². The number of carbonyl (C=O) groups is 1. The smallest absolute Gasteiger partial charge is 0.239 e. The van der Waals surface area contributed by atoms with Gasteiger partial charge in [0.1, 0.15) is 0 Å². The standard InChI is InChI=1S/C11H22N2O2/c1-9(12-2)11(15)13-6-3-4-10(8-13)5-7-14/h9-10,12,14H,3-8H2,1-2H3. The Kier molecular flexibility index (Phi) is 5.05. The molecule has 1 heterocycles. The Bertz CT molecular complexity index is 207. The number of rotatable bonds is 4. The molecule has 1 rings (SSSR count). The lowest BCUT2D eigenvalue weighted by molar-refractivity contribution is -0.134. The molecule has 1 saturated heterocycles. The van der Waals surface area contributed by atoms with E-state index < -0.39 is 0 Å². The first-order valence-electron chi connectivity index (χ1n) is 5.76. The first kappa shape index (κ1) is 12.5. The number of likely N-dealkylation sites (N-methyl/N-ethyl adjacent to an activating group) is 1. The largest absolute Gasteiger partial charge is 0.396 e. The van der Waals surface area contributed by atoms with Gasteiger partial charge in [-0.15, -0.1) is 0 Å². The lowest BCUT2D eigenvalue weighted by Gasteiger charge is -2.34. The van der Waals surface area contributed by atoms with Crippen molar-refractivity contribution >= 4 is 5.91 Å². The molecule has 2 N–H and O–H groups in total. The summed E-state index contributed by atoms with van der Waals surface area (Å²) in [5.41, 5.74) is 0. The molecule has 88 valence electrons. The molecule has 15 heavy (non-hydrogen) atoms. The Morgan fingerprint density at radius 1 is 1.67 bits per heavy atom. The second kappa shape index (κ2) is 6.08. The minimum atomic E-state index is -0.0992. The zero-order chi connectivity index (χ0) is 11.3. The summed E-state index contributed by atoms with van der Waals surface area (Å²) in [6.07, 6.45) is 3.02. The van der Waals surface area contributed by atoms with Crippen LogP contribution in [-0.2, 0) is 4.79 Å². The highest BCUT2D eigenvalue weighted by Gasteiger charge is 2.25. The Balaban J connectivity index is 2.44. The van der Waals surface area contributed by atoms with Gasteiger partial charge >= 0.3 is 0 Å². The highest BCUT2D eigenvalue weighted by molar-refractivity contribution is 5.81. The van der Waals surface area contributed by atoms with E-state index in [1.165, 1.54) is 0 Å². The molecule has 1 fully saturated rings. The van der Waals surface area contributed by atoms with Crippen LogP contribution in [0, 0.1) is 5.92 Å². The van der Waals surface area contributed by atoms with E-state index in [-0.39, 0.29) is 18.6 Å². The maximum absolute atomic E-state index is 11.9. The van der Waals surface area contributed by atoms with Gasteiger partial charge in [0.05, 0.1) is 6.04 Å². The lowest BCUT2D eigenvalue weighted by Crippen LogP contribution is -2.47. The van der Waals surface area contributed by atoms with Crippen molar-refractivity contribution in [3.8, 4) is 0 Å². The second-order valence-corrected chi connectivity index (χ2v) is 4.32. The molecule has 1 aliphatic rings. The van der Waals surface area contributed by atoms with Crippen LogP contribution >= 0.6 is 0 Å². The number of nitrogens with zero attached hydrogens (tertiary/aromatic N) is 1. The molecule has 0 aromatic carbocycles. The minimum absolute atomic E-state index is 0.0992. The van der Waals surface area contributed by atoms with E-state index >= 15 is 0 Å². The van der Waals surface area contributed by atoms with E-state index in [0.717, 1.165) is 32.4 Å². The summed E-state index contributed by atoms with van der Waals surface area (Å²) in [5, 5.41) is 11.9. The monoisotopic (exact) mass is 214 g/mol. The molecule has 2 unspecified atom stereocenters. The molecular formula is C11H22N2O2. The van der Waals surface area contributed by atoms with Crippen molar-refractivity contribution in [1.82, 2.24) is 10.2 Å². The van der Waals surface area contributed by atoms with Gasteiger partial charge in [0.15, 0.2) is 0 Å². The summed E-state index contributed by atoms with van der Waals surface area (Å²) in [6.45, 7) is 3.80. The maximum Gasteiger partial charge on any atom is 0.239 e. The average molecular weight is 214 g/mol. The molecule has 4 nitrogen and oxygen atoms in total. The van der Waals surface area contributed by atoms with Gasteiger partial charge in [-0.2, -0.15) is 0 Å². The molecule has 0 radical (unpaired) electrons. The number of piperidine rings is 1. The maximum atomic E-state index is 11.9. The molecule has 0 aromatic rings. The Labute approximate surface area is 91.6 Å². The molecule has 0 spiro atoms. The highest BCUT2D eigenvalue weighted by Crippen LogP contribution is 2.19. The Morgan fingerprint density at radius 3 is 3.00 bits per heavy atom. The minimum Gasteiger partial charge on any atom is -0.396 e. The number of amides is 1. The van der Waals surface area contributed by atoms with Crippen LogP contribution in [-0.4, -0.2) is 48.7 Å². The summed E-state index contributed by atoms with van der Waals surface area (Å²) in [5.74, 6) is 0.664. The van der Waals surface area contributed by atoms with Gasteiger partial charge in [0.25, 0.3) is 0 Å². The predicted molar refractivity (Wildman–Crippen MR) is 59.5 cm³/mol. The van der Waals surface area contributed by atoms with E-state index in [9.17, 15) is 4.79 Å². The van der Waals surface area contributed by atoms with Gasteiger partial charge in [-0.3, -0.25) is 4.79 Å². The second-order valence-electron chi connectivity index (χ2n) is 4.32. The van der Waals surface area contributed by atoms with Gasteiger partial charge in [-0.25, -0.2) is 0 Å². The molecule has 0 aliphatic carbocycles. The van der Waals surface area contributed by atoms with E-state index in [0.29, 0.717) is 5.92 Å². The van der Waals surface area contributed by atoms with Gasteiger partial charge in [0.2, 0.25) is 5.91 Å².